The van der Waals surface area contributed by atoms with Crippen molar-refractivity contribution >= 4 is 12.0 Å². The molecule has 0 radical (unpaired) electrons. The zero-order valence-electron chi connectivity index (χ0n) is 20.3. The largest absolute Gasteiger partial charge is 0.444 e. The Labute approximate surface area is 199 Å². The first kappa shape index (κ1) is 24.8. The highest BCUT2D eigenvalue weighted by atomic mass is 16.6. The molecule has 2 N–H and O–H groups in total. The molecule has 3 rings (SSSR count). The average molecular weight is 463 g/mol. The molecule has 0 spiro atoms. The fraction of sp³-hybridized carbons (Fsp3) is 0.360. The van der Waals surface area contributed by atoms with Gasteiger partial charge in [-0.25, -0.2) is 4.79 Å². The van der Waals surface area contributed by atoms with Crippen LogP contribution in [0.3, 0.4) is 0 Å². The number of ether oxygens (including phenoxy) is 1. The molecule has 9 heteroatoms. The second-order valence-electron chi connectivity index (χ2n) is 9.85. The predicted octanol–water partition coefficient (Wildman–Crippen LogP) is 4.08. The molecule has 0 saturated carbocycles. The number of hydrogen-bond acceptors (Lipinski definition) is 7. The first-order valence-electron chi connectivity index (χ1n) is 11.0. The minimum Gasteiger partial charge on any atom is -0.444 e. The van der Waals surface area contributed by atoms with Gasteiger partial charge in [-0.1, -0.05) is 42.5 Å². The monoisotopic (exact) mass is 462 g/mol. The quantitative estimate of drug-likeness (QED) is 0.586. The number of rotatable bonds is 5. The summed E-state index contributed by atoms with van der Waals surface area (Å²) in [6.07, 6.45) is -0.636. The van der Waals surface area contributed by atoms with Gasteiger partial charge in [0.05, 0.1) is 0 Å². The fourth-order valence-electron chi connectivity index (χ4n) is 3.02. The summed E-state index contributed by atoms with van der Waals surface area (Å²) in [5.41, 5.74) is 0.876. The summed E-state index contributed by atoms with van der Waals surface area (Å²) in [4.78, 5) is 25.0. The van der Waals surface area contributed by atoms with Crippen molar-refractivity contribution in [2.75, 3.05) is 0 Å². The molecule has 0 aliphatic heterocycles. The first-order valence-corrected chi connectivity index (χ1v) is 11.0. The lowest BCUT2D eigenvalue weighted by molar-refractivity contribution is 0.0509. The third kappa shape index (κ3) is 7.06. The van der Waals surface area contributed by atoms with Crippen LogP contribution < -0.4 is 10.6 Å². The number of nitrogens with one attached hydrogen (secondary N) is 2. The average Bonchev–Trinajstić information content (AvgIpc) is 2.76. The van der Waals surface area contributed by atoms with Crippen LogP contribution in [0, 0.1) is 0 Å². The van der Waals surface area contributed by atoms with Gasteiger partial charge < -0.3 is 15.4 Å². The molecule has 178 valence electrons. The van der Waals surface area contributed by atoms with E-state index in [1.165, 1.54) is 0 Å². The van der Waals surface area contributed by atoms with E-state index in [0.29, 0.717) is 17.0 Å². The van der Waals surface area contributed by atoms with Crippen molar-refractivity contribution in [1.82, 2.24) is 31.0 Å². The van der Waals surface area contributed by atoms with Crippen LogP contribution in [0.5, 0.6) is 0 Å². The van der Waals surface area contributed by atoms with Gasteiger partial charge in [-0.3, -0.25) is 4.79 Å². The molecule has 3 aromatic rings. The molecular weight excluding hydrogens is 432 g/mol. The number of amides is 2. The van der Waals surface area contributed by atoms with Gasteiger partial charge in [0.2, 0.25) is 5.82 Å². The zero-order chi connectivity index (χ0) is 24.9. The Bertz CT molecular complexity index is 1120. The Morgan fingerprint density at radius 1 is 0.824 bits per heavy atom. The summed E-state index contributed by atoms with van der Waals surface area (Å²) >= 11 is 0. The van der Waals surface area contributed by atoms with Gasteiger partial charge in [0, 0.05) is 16.7 Å². The second kappa shape index (κ2) is 9.94. The maximum Gasteiger partial charge on any atom is 0.408 e. The van der Waals surface area contributed by atoms with E-state index in [-0.39, 0.29) is 17.3 Å². The lowest BCUT2D eigenvalue weighted by Crippen LogP contribution is -2.40. The lowest BCUT2D eigenvalue weighted by atomic mass is 10.0. The zero-order valence-corrected chi connectivity index (χ0v) is 20.3. The summed E-state index contributed by atoms with van der Waals surface area (Å²) in [7, 11) is 0. The van der Waals surface area contributed by atoms with E-state index in [1.807, 2.05) is 51.1 Å². The summed E-state index contributed by atoms with van der Waals surface area (Å²) in [6.45, 7) is 11.1. The van der Waals surface area contributed by atoms with Crippen molar-refractivity contribution < 1.29 is 14.3 Å². The smallest absolute Gasteiger partial charge is 0.408 e. The molecule has 1 unspecified atom stereocenters. The van der Waals surface area contributed by atoms with Gasteiger partial charge in [0.15, 0.2) is 5.82 Å². The van der Waals surface area contributed by atoms with Gasteiger partial charge in [0.1, 0.15) is 11.6 Å². The maximum absolute atomic E-state index is 12.5. The molecule has 1 heterocycles. The minimum absolute atomic E-state index is 0.192. The summed E-state index contributed by atoms with van der Waals surface area (Å²) in [5.74, 6) is 0.370. The third-order valence-electron chi connectivity index (χ3n) is 4.44. The van der Waals surface area contributed by atoms with Crippen LogP contribution in [0.2, 0.25) is 0 Å². The molecule has 2 aromatic carbocycles. The molecule has 0 bridgehead atoms. The van der Waals surface area contributed by atoms with Crippen LogP contribution in [0.25, 0.3) is 11.4 Å². The number of hydrogen-bond donors (Lipinski definition) is 2. The summed E-state index contributed by atoms with van der Waals surface area (Å²) < 4.78 is 5.41. The molecule has 9 nitrogen and oxygen atoms in total. The minimum atomic E-state index is -0.778. The highest BCUT2D eigenvalue weighted by Gasteiger charge is 2.25. The van der Waals surface area contributed by atoms with E-state index in [4.69, 9.17) is 4.74 Å². The summed E-state index contributed by atoms with van der Waals surface area (Å²) in [5, 5.41) is 22.5. The van der Waals surface area contributed by atoms with Crippen LogP contribution >= 0.6 is 0 Å². The van der Waals surface area contributed by atoms with Crippen molar-refractivity contribution in [3.05, 3.63) is 71.5 Å². The molecule has 0 aliphatic carbocycles. The van der Waals surface area contributed by atoms with Crippen LogP contribution in [-0.2, 0) is 4.74 Å². The van der Waals surface area contributed by atoms with Crippen LogP contribution in [0.4, 0.5) is 4.79 Å². The first-order chi connectivity index (χ1) is 15.9. The molecule has 34 heavy (non-hydrogen) atoms. The number of carbonyl (C=O) groups is 2. The topological polar surface area (TPSA) is 119 Å². The SMILES string of the molecule is CC(C)(C)NC(=O)c1ccc(C(NC(=O)OC(C)(C)C)c2nnc(-c3ccccc3)nn2)cc1. The van der Waals surface area contributed by atoms with E-state index in [2.05, 4.69) is 31.0 Å². The Kier molecular flexibility index (Phi) is 7.24. The van der Waals surface area contributed by atoms with Crippen LogP contribution in [0.15, 0.2) is 54.6 Å². The number of benzene rings is 2. The number of carbonyl (C=O) groups excluding carboxylic acids is 2. The van der Waals surface area contributed by atoms with E-state index in [0.717, 1.165) is 5.56 Å². The maximum atomic E-state index is 12.5. The van der Waals surface area contributed by atoms with Gasteiger partial charge in [-0.05, 0) is 59.2 Å². The molecule has 0 fully saturated rings. The molecule has 1 aromatic heterocycles. The summed E-state index contributed by atoms with van der Waals surface area (Å²) in [6, 6.07) is 15.4. The van der Waals surface area contributed by atoms with Crippen LogP contribution in [0.1, 0.15) is 69.3 Å². The van der Waals surface area contributed by atoms with E-state index in [9.17, 15) is 9.59 Å². The van der Waals surface area contributed by atoms with Gasteiger partial charge in [0.25, 0.3) is 5.91 Å². The molecule has 2 amide bonds. The highest BCUT2D eigenvalue weighted by molar-refractivity contribution is 5.94. The lowest BCUT2D eigenvalue weighted by Gasteiger charge is -2.23. The van der Waals surface area contributed by atoms with Gasteiger partial charge in [-0.15, -0.1) is 20.4 Å². The van der Waals surface area contributed by atoms with Crippen LogP contribution in [-0.4, -0.2) is 43.5 Å². The van der Waals surface area contributed by atoms with Gasteiger partial charge >= 0.3 is 6.09 Å². The van der Waals surface area contributed by atoms with Crippen molar-refractivity contribution in [3.63, 3.8) is 0 Å². The predicted molar refractivity (Wildman–Crippen MR) is 128 cm³/mol. The van der Waals surface area contributed by atoms with Crippen molar-refractivity contribution in [2.24, 2.45) is 0 Å². The third-order valence-corrected chi connectivity index (χ3v) is 4.44. The Morgan fingerprint density at radius 3 is 1.94 bits per heavy atom. The Morgan fingerprint density at radius 2 is 1.41 bits per heavy atom. The molecule has 0 aliphatic rings. The second-order valence-corrected chi connectivity index (χ2v) is 9.85. The number of nitrogens with zero attached hydrogens (tertiary/aromatic N) is 4. The van der Waals surface area contributed by atoms with E-state index >= 15 is 0 Å². The number of alkyl carbamates (subject to hydrolysis) is 1. The Balaban J connectivity index is 1.89. The fourth-order valence-corrected chi connectivity index (χ4v) is 3.02. The van der Waals surface area contributed by atoms with E-state index < -0.39 is 17.7 Å². The van der Waals surface area contributed by atoms with Crippen molar-refractivity contribution in [1.29, 1.82) is 0 Å². The number of aromatic nitrogens is 4. The van der Waals surface area contributed by atoms with Gasteiger partial charge in [-0.2, -0.15) is 0 Å². The molecular formula is C25H30N6O3. The molecule has 1 atom stereocenters. The normalized spacial score (nSPS) is 12.5. The molecule has 0 saturated heterocycles. The van der Waals surface area contributed by atoms with E-state index in [1.54, 1.807) is 45.0 Å². The highest BCUT2D eigenvalue weighted by Crippen LogP contribution is 2.21. The van der Waals surface area contributed by atoms with Crippen molar-refractivity contribution in [2.45, 2.75) is 58.7 Å². The van der Waals surface area contributed by atoms with Crippen molar-refractivity contribution in [3.8, 4) is 11.4 Å². The Hall–Kier alpha value is -3.88. The standard InChI is InChI=1S/C25H30N6O3/c1-24(2,3)27-22(32)18-14-12-16(13-15-18)19(26-23(33)34-25(4,5)6)21-30-28-20(29-31-21)17-10-8-7-9-11-17/h7-15,19H,1-6H3,(H,26,33)(H,27,32).